The van der Waals surface area contributed by atoms with E-state index in [9.17, 15) is 4.79 Å². The van der Waals surface area contributed by atoms with E-state index >= 15 is 0 Å². The molecule has 0 saturated heterocycles. The largest absolute Gasteiger partial charge is 0.436 e. The van der Waals surface area contributed by atoms with E-state index < -0.39 is 0 Å². The number of thiocarbonyl (C=S) groups is 1. The van der Waals surface area contributed by atoms with E-state index in [2.05, 4.69) is 29.5 Å². The summed E-state index contributed by atoms with van der Waals surface area (Å²) in [5.41, 5.74) is 6.62. The van der Waals surface area contributed by atoms with Crippen LogP contribution in [0.2, 0.25) is 0 Å². The van der Waals surface area contributed by atoms with E-state index in [0.717, 1.165) is 34.3 Å². The molecule has 1 amide bonds. The van der Waals surface area contributed by atoms with Crippen molar-refractivity contribution in [1.29, 1.82) is 0 Å². The Balaban J connectivity index is 1.87. The van der Waals surface area contributed by atoms with Gasteiger partial charge in [-0.15, -0.1) is 0 Å². The molecular formula is C21H23N3O2S. The highest BCUT2D eigenvalue weighted by molar-refractivity contribution is 7.80. The molecule has 0 bridgehead atoms. The monoisotopic (exact) mass is 381 g/mol. The molecule has 3 aromatic rings. The number of nitrogens with zero attached hydrogens (tertiary/aromatic N) is 1. The van der Waals surface area contributed by atoms with Crippen molar-refractivity contribution < 1.29 is 9.21 Å². The second-order valence-corrected chi connectivity index (χ2v) is 7.11. The molecule has 0 aliphatic heterocycles. The maximum Gasteiger partial charge on any atom is 0.227 e. The summed E-state index contributed by atoms with van der Waals surface area (Å²) in [5.74, 6) is 0.465. The van der Waals surface area contributed by atoms with Crippen molar-refractivity contribution in [1.82, 2.24) is 10.3 Å². The Morgan fingerprint density at radius 2 is 1.85 bits per heavy atom. The van der Waals surface area contributed by atoms with Crippen LogP contribution in [0.15, 0.2) is 34.7 Å². The Kier molecular flexibility index (Phi) is 5.56. The maximum absolute atomic E-state index is 11.7. The molecule has 27 heavy (non-hydrogen) atoms. The van der Waals surface area contributed by atoms with Crippen LogP contribution < -0.4 is 10.6 Å². The molecule has 140 valence electrons. The first-order valence-corrected chi connectivity index (χ1v) is 9.38. The summed E-state index contributed by atoms with van der Waals surface area (Å²) in [4.78, 5) is 16.3. The number of oxazole rings is 1. The third-order valence-electron chi connectivity index (χ3n) is 4.47. The van der Waals surface area contributed by atoms with Gasteiger partial charge in [0, 0.05) is 17.7 Å². The highest BCUT2D eigenvalue weighted by Crippen LogP contribution is 2.29. The van der Waals surface area contributed by atoms with Crippen molar-refractivity contribution in [2.45, 2.75) is 40.5 Å². The Hall–Kier alpha value is -2.73. The third-order valence-corrected chi connectivity index (χ3v) is 4.67. The van der Waals surface area contributed by atoms with Crippen LogP contribution in [-0.2, 0) is 4.79 Å². The maximum atomic E-state index is 11.7. The smallest absolute Gasteiger partial charge is 0.227 e. The summed E-state index contributed by atoms with van der Waals surface area (Å²) in [5, 5.41) is 6.07. The Morgan fingerprint density at radius 3 is 2.59 bits per heavy atom. The summed E-state index contributed by atoms with van der Waals surface area (Å²) in [7, 11) is 0. The highest BCUT2D eigenvalue weighted by Gasteiger charge is 2.12. The molecule has 1 aromatic heterocycles. The number of benzene rings is 2. The Bertz CT molecular complexity index is 985. The van der Waals surface area contributed by atoms with E-state index in [0.29, 0.717) is 12.3 Å². The lowest BCUT2D eigenvalue weighted by Crippen LogP contribution is -2.34. The average Bonchev–Trinajstić information content (AvgIpc) is 3.00. The minimum Gasteiger partial charge on any atom is -0.436 e. The number of amides is 1. The van der Waals surface area contributed by atoms with Crippen molar-refractivity contribution in [3.05, 3.63) is 47.0 Å². The molecule has 2 N–H and O–H groups in total. The van der Waals surface area contributed by atoms with Crippen LogP contribution in [0, 0.1) is 20.8 Å². The first kappa shape index (κ1) is 19.0. The van der Waals surface area contributed by atoms with Gasteiger partial charge in [-0.2, -0.15) is 0 Å². The van der Waals surface area contributed by atoms with Crippen LogP contribution in [0.1, 0.15) is 36.5 Å². The molecule has 0 saturated carbocycles. The van der Waals surface area contributed by atoms with E-state index in [-0.39, 0.29) is 11.0 Å². The van der Waals surface area contributed by atoms with Gasteiger partial charge < -0.3 is 15.1 Å². The molecule has 0 radical (unpaired) electrons. The number of nitrogens with one attached hydrogen (secondary N) is 2. The minimum atomic E-state index is -0.0894. The van der Waals surface area contributed by atoms with Crippen LogP contribution in [0.25, 0.3) is 22.6 Å². The molecule has 0 aliphatic rings. The third kappa shape index (κ3) is 4.34. The lowest BCUT2D eigenvalue weighted by Gasteiger charge is -2.12. The topological polar surface area (TPSA) is 67.2 Å². The summed E-state index contributed by atoms with van der Waals surface area (Å²) in [6.45, 7) is 8.04. The van der Waals surface area contributed by atoms with Crippen molar-refractivity contribution in [3.8, 4) is 11.5 Å². The molecule has 0 atom stereocenters. The number of carbonyl (C=O) groups is 1. The summed E-state index contributed by atoms with van der Waals surface area (Å²) in [6.07, 6.45) is 1.22. The molecular weight excluding hydrogens is 358 g/mol. The summed E-state index contributed by atoms with van der Waals surface area (Å²) < 4.78 is 5.94. The van der Waals surface area contributed by atoms with Gasteiger partial charge in [0.1, 0.15) is 5.52 Å². The van der Waals surface area contributed by atoms with Gasteiger partial charge in [-0.1, -0.05) is 13.0 Å². The van der Waals surface area contributed by atoms with Crippen LogP contribution in [0.5, 0.6) is 0 Å². The number of aryl methyl sites for hydroxylation is 3. The molecule has 0 fully saturated rings. The van der Waals surface area contributed by atoms with Gasteiger partial charge in [-0.05, 0) is 80.4 Å². The first-order chi connectivity index (χ1) is 12.9. The number of carbonyl (C=O) groups excluding carboxylic acids is 1. The van der Waals surface area contributed by atoms with Gasteiger partial charge in [0.25, 0.3) is 0 Å². The predicted molar refractivity (Wildman–Crippen MR) is 113 cm³/mol. The van der Waals surface area contributed by atoms with E-state index in [1.54, 1.807) is 0 Å². The van der Waals surface area contributed by atoms with E-state index in [4.69, 9.17) is 16.6 Å². The lowest BCUT2D eigenvalue weighted by atomic mass is 10.1. The second-order valence-electron chi connectivity index (χ2n) is 6.71. The molecule has 5 nitrogen and oxygen atoms in total. The van der Waals surface area contributed by atoms with Gasteiger partial charge in [-0.25, -0.2) is 4.98 Å². The van der Waals surface area contributed by atoms with Crippen molar-refractivity contribution in [3.63, 3.8) is 0 Å². The average molecular weight is 382 g/mol. The van der Waals surface area contributed by atoms with E-state index in [1.165, 1.54) is 11.1 Å². The predicted octanol–water partition coefficient (Wildman–Crippen LogP) is 5.03. The molecule has 0 spiro atoms. The molecule has 2 aromatic carbocycles. The fourth-order valence-corrected chi connectivity index (χ4v) is 2.99. The molecule has 1 heterocycles. The molecule has 0 aliphatic carbocycles. The number of aromatic nitrogens is 1. The lowest BCUT2D eigenvalue weighted by molar-refractivity contribution is -0.119. The van der Waals surface area contributed by atoms with Gasteiger partial charge in [-0.3, -0.25) is 4.79 Å². The van der Waals surface area contributed by atoms with Gasteiger partial charge in [0.05, 0.1) is 0 Å². The Morgan fingerprint density at radius 1 is 1.11 bits per heavy atom. The van der Waals surface area contributed by atoms with Crippen LogP contribution in [-0.4, -0.2) is 16.0 Å². The van der Waals surface area contributed by atoms with Crippen molar-refractivity contribution in [2.24, 2.45) is 0 Å². The van der Waals surface area contributed by atoms with Crippen LogP contribution in [0.3, 0.4) is 0 Å². The van der Waals surface area contributed by atoms with Crippen LogP contribution >= 0.6 is 12.2 Å². The first-order valence-electron chi connectivity index (χ1n) is 8.97. The normalized spacial score (nSPS) is 10.8. The fourth-order valence-electron chi connectivity index (χ4n) is 2.76. The summed E-state index contributed by atoms with van der Waals surface area (Å²) in [6, 6.07) is 9.90. The Labute approximate surface area is 164 Å². The van der Waals surface area contributed by atoms with Crippen molar-refractivity contribution >= 4 is 40.0 Å². The minimum absolute atomic E-state index is 0.0894. The highest BCUT2D eigenvalue weighted by atomic mass is 32.1. The van der Waals surface area contributed by atoms with Gasteiger partial charge >= 0.3 is 0 Å². The number of hydrogen-bond acceptors (Lipinski definition) is 4. The number of rotatable bonds is 4. The van der Waals surface area contributed by atoms with Crippen LogP contribution in [0.4, 0.5) is 5.69 Å². The number of hydrogen-bond donors (Lipinski definition) is 2. The zero-order valence-corrected chi connectivity index (χ0v) is 16.8. The van der Waals surface area contributed by atoms with E-state index in [1.807, 2.05) is 44.2 Å². The molecule has 0 unspecified atom stereocenters. The summed E-state index contributed by atoms with van der Waals surface area (Å²) >= 11 is 5.25. The SMILES string of the molecule is CCCC(=O)NC(=S)Nc1cc(-c2nc3cc(C)c(C)cc3o2)ccc1C. The number of fused-ring (bicyclic) bond motifs is 1. The van der Waals surface area contributed by atoms with Gasteiger partial charge in [0.15, 0.2) is 10.7 Å². The molecule has 3 rings (SSSR count). The molecule has 6 heteroatoms. The zero-order chi connectivity index (χ0) is 19.6. The quantitative estimate of drug-likeness (QED) is 0.620. The second kappa shape index (κ2) is 7.88. The zero-order valence-electron chi connectivity index (χ0n) is 16.0. The van der Waals surface area contributed by atoms with Crippen molar-refractivity contribution in [2.75, 3.05) is 5.32 Å². The van der Waals surface area contributed by atoms with Gasteiger partial charge in [0.2, 0.25) is 11.8 Å². The number of anilines is 1. The fraction of sp³-hybridized carbons (Fsp3) is 0.286. The standard InChI is InChI=1S/C21H23N3O2S/c1-5-6-19(25)24-21(27)23-16-11-15(8-7-12(16)2)20-22-17-9-13(3)14(4)10-18(17)26-20/h7-11H,5-6H2,1-4H3,(H2,23,24,25,27).